The zero-order chi connectivity index (χ0) is 19.4. The first-order chi connectivity index (χ1) is 13.0. The van der Waals surface area contributed by atoms with Gasteiger partial charge in [-0.25, -0.2) is 14.4 Å². The maximum atomic E-state index is 14.3. The summed E-state index contributed by atoms with van der Waals surface area (Å²) >= 11 is 0. The van der Waals surface area contributed by atoms with Gasteiger partial charge in [0.25, 0.3) is 0 Å². The zero-order valence-electron chi connectivity index (χ0n) is 15.4. The Morgan fingerprint density at radius 2 is 2.22 bits per heavy atom. The monoisotopic (exact) mass is 373 g/mol. The molecule has 3 rings (SSSR count). The number of aliphatic hydroxyl groups is 1. The van der Waals surface area contributed by atoms with Crippen molar-refractivity contribution in [3.05, 3.63) is 41.3 Å². The van der Waals surface area contributed by atoms with Crippen molar-refractivity contribution in [1.29, 1.82) is 0 Å². The summed E-state index contributed by atoms with van der Waals surface area (Å²) in [5.74, 6) is -0.0614. The summed E-state index contributed by atoms with van der Waals surface area (Å²) in [5, 5.41) is 9.18. The van der Waals surface area contributed by atoms with E-state index < -0.39 is 5.82 Å². The number of likely N-dealkylation sites (tertiary alicyclic amines) is 1. The van der Waals surface area contributed by atoms with Gasteiger partial charge in [-0.2, -0.15) is 0 Å². The fraction of sp³-hybridized carbons (Fsp3) is 0.450. The molecule has 1 aromatic rings. The van der Waals surface area contributed by atoms with Crippen LogP contribution in [0, 0.1) is 11.7 Å². The summed E-state index contributed by atoms with van der Waals surface area (Å²) in [5.41, 5.74) is 1.16. The Morgan fingerprint density at radius 3 is 2.89 bits per heavy atom. The van der Waals surface area contributed by atoms with E-state index in [1.165, 1.54) is 12.3 Å². The highest BCUT2D eigenvalue weighted by molar-refractivity contribution is 5.82. The third-order valence-corrected chi connectivity index (χ3v) is 4.83. The van der Waals surface area contributed by atoms with Gasteiger partial charge in [0.2, 0.25) is 5.91 Å². The van der Waals surface area contributed by atoms with Gasteiger partial charge in [-0.3, -0.25) is 4.79 Å². The number of halogens is 1. The van der Waals surface area contributed by atoms with Crippen molar-refractivity contribution in [2.75, 3.05) is 13.1 Å². The fourth-order valence-corrected chi connectivity index (χ4v) is 3.10. The second-order valence-corrected chi connectivity index (χ2v) is 6.91. The molecule has 0 aromatic heterocycles. The molecule has 1 aliphatic heterocycles. The van der Waals surface area contributed by atoms with Crippen LogP contribution in [-0.4, -0.2) is 47.8 Å². The Kier molecular flexibility index (Phi) is 6.01. The Balaban J connectivity index is 1.65. The van der Waals surface area contributed by atoms with Crippen molar-refractivity contribution in [2.45, 2.75) is 38.9 Å². The average molecular weight is 373 g/mol. The third-order valence-electron chi connectivity index (χ3n) is 4.83. The summed E-state index contributed by atoms with van der Waals surface area (Å²) in [6.07, 6.45) is 3.99. The minimum Gasteiger partial charge on any atom is -0.458 e. The molecule has 0 bridgehead atoms. The van der Waals surface area contributed by atoms with E-state index in [4.69, 9.17) is 4.74 Å². The molecule has 6 nitrogen and oxygen atoms in total. The van der Waals surface area contributed by atoms with Crippen molar-refractivity contribution in [3.8, 4) is 0 Å². The molecule has 2 fully saturated rings. The number of amides is 1. The lowest BCUT2D eigenvalue weighted by molar-refractivity contribution is -0.131. The molecular formula is C20H24FN3O3. The van der Waals surface area contributed by atoms with Gasteiger partial charge in [0.05, 0.1) is 13.2 Å². The zero-order valence-corrected chi connectivity index (χ0v) is 15.4. The first kappa shape index (κ1) is 19.2. The Bertz CT molecular complexity index is 787. The predicted molar refractivity (Wildman–Crippen MR) is 102 cm³/mol. The number of carbonyl (C=O) groups is 1. The van der Waals surface area contributed by atoms with Crippen molar-refractivity contribution in [3.63, 3.8) is 0 Å². The molecule has 0 radical (unpaired) electrons. The van der Waals surface area contributed by atoms with Crippen LogP contribution in [0.15, 0.2) is 34.4 Å². The van der Waals surface area contributed by atoms with Crippen molar-refractivity contribution in [2.24, 2.45) is 15.9 Å². The summed E-state index contributed by atoms with van der Waals surface area (Å²) in [7, 11) is 0. The van der Waals surface area contributed by atoms with Crippen molar-refractivity contribution >= 4 is 24.2 Å². The fourth-order valence-electron chi connectivity index (χ4n) is 3.10. The molecule has 1 unspecified atom stereocenters. The molecule has 1 atom stereocenters. The van der Waals surface area contributed by atoms with E-state index in [0.29, 0.717) is 24.2 Å². The molecule has 1 saturated carbocycles. The van der Waals surface area contributed by atoms with Crippen LogP contribution in [0.2, 0.25) is 0 Å². The molecule has 1 aromatic carbocycles. The van der Waals surface area contributed by atoms with Gasteiger partial charge in [0.15, 0.2) is 0 Å². The summed E-state index contributed by atoms with van der Waals surface area (Å²) in [6, 6.07) is 4.93. The number of nitrogens with zero attached hydrogens (tertiary/aromatic N) is 3. The van der Waals surface area contributed by atoms with Gasteiger partial charge in [0.1, 0.15) is 11.9 Å². The maximum absolute atomic E-state index is 14.3. The van der Waals surface area contributed by atoms with E-state index in [1.54, 1.807) is 19.1 Å². The molecular weight excluding hydrogens is 349 g/mol. The number of hydrogen-bond acceptors (Lipinski definition) is 4. The highest BCUT2D eigenvalue weighted by Crippen LogP contribution is 2.32. The van der Waals surface area contributed by atoms with Gasteiger partial charge in [0, 0.05) is 36.2 Å². The summed E-state index contributed by atoms with van der Waals surface area (Å²) in [6.45, 7) is 6.03. The smallest absolute Gasteiger partial charge is 0.316 e. The minimum atomic E-state index is -0.469. The van der Waals surface area contributed by atoms with Gasteiger partial charge < -0.3 is 14.7 Å². The van der Waals surface area contributed by atoms with Gasteiger partial charge in [-0.1, -0.05) is 18.2 Å². The Morgan fingerprint density at radius 1 is 1.44 bits per heavy atom. The number of rotatable bonds is 5. The molecule has 27 heavy (non-hydrogen) atoms. The van der Waals surface area contributed by atoms with E-state index in [2.05, 4.69) is 16.7 Å². The molecule has 1 N–H and O–H groups in total. The van der Waals surface area contributed by atoms with Crippen LogP contribution in [0.1, 0.15) is 37.3 Å². The quantitative estimate of drug-likeness (QED) is 0.637. The topological polar surface area (TPSA) is 74.5 Å². The molecule has 1 heterocycles. The molecule has 1 aliphatic carbocycles. The predicted octanol–water partition coefficient (Wildman–Crippen LogP) is 2.76. The van der Waals surface area contributed by atoms with Crippen LogP contribution in [0.3, 0.4) is 0 Å². The lowest BCUT2D eigenvalue weighted by Crippen LogP contribution is -2.31. The number of allylic oxidation sites excluding steroid dienone is 1. The van der Waals surface area contributed by atoms with Crippen molar-refractivity contribution < 1.29 is 19.0 Å². The third kappa shape index (κ3) is 4.60. The molecule has 7 heteroatoms. The largest absolute Gasteiger partial charge is 0.458 e. The van der Waals surface area contributed by atoms with Gasteiger partial charge in [-0.15, -0.1) is 0 Å². The van der Waals surface area contributed by atoms with Gasteiger partial charge >= 0.3 is 6.02 Å². The number of aliphatic imine (C=N–C) groups is 2. The number of aliphatic hydroxyl groups excluding tert-OH is 1. The van der Waals surface area contributed by atoms with E-state index in [0.717, 1.165) is 19.3 Å². The van der Waals surface area contributed by atoms with Crippen LogP contribution in [0.4, 0.5) is 4.39 Å². The molecule has 1 saturated heterocycles. The first-order valence-corrected chi connectivity index (χ1v) is 9.08. The van der Waals surface area contributed by atoms with Crippen LogP contribution in [0.5, 0.6) is 0 Å². The van der Waals surface area contributed by atoms with E-state index in [9.17, 15) is 14.3 Å². The Hall–Kier alpha value is -2.54. The molecule has 1 amide bonds. The lowest BCUT2D eigenvalue weighted by atomic mass is 10.0. The second-order valence-electron chi connectivity index (χ2n) is 6.91. The number of ether oxygens (including phenoxy) is 1. The van der Waals surface area contributed by atoms with Crippen LogP contribution in [-0.2, 0) is 16.1 Å². The van der Waals surface area contributed by atoms with E-state index >= 15 is 0 Å². The summed E-state index contributed by atoms with van der Waals surface area (Å²) in [4.78, 5) is 21.9. The average Bonchev–Trinajstić information content (AvgIpc) is 3.43. The molecule has 2 aliphatic rings. The summed E-state index contributed by atoms with van der Waals surface area (Å²) < 4.78 is 20.0. The van der Waals surface area contributed by atoms with Crippen LogP contribution in [0.25, 0.3) is 5.57 Å². The molecule has 144 valence electrons. The molecule has 0 spiro atoms. The van der Waals surface area contributed by atoms with E-state index in [1.807, 2.05) is 4.90 Å². The number of carbonyl (C=O) groups excluding carboxylic acids is 1. The minimum absolute atomic E-state index is 0.0961. The van der Waals surface area contributed by atoms with Crippen molar-refractivity contribution in [1.82, 2.24) is 4.90 Å². The Labute approximate surface area is 158 Å². The normalized spacial score (nSPS) is 20.7. The number of amidine groups is 1. The SMILES string of the molecule is C=N/C(=N\C=C(/C)c1cccc(CO)c1F)OC1CCN(C(=O)C2CC2)C1. The number of hydrogen-bond donors (Lipinski definition) is 1. The highest BCUT2D eigenvalue weighted by atomic mass is 19.1. The standard InChI is InChI=1S/C20H24FN3O3/c1-13(17-5-3-4-15(12-25)18(17)21)10-23-20(22-2)27-16-8-9-24(11-16)19(26)14-6-7-14/h3-5,10,14,16,25H,2,6-9,11-12H2,1H3/b13-10+,23-20+. The van der Waals surface area contributed by atoms with Crippen LogP contribution >= 0.6 is 0 Å². The second kappa shape index (κ2) is 8.43. The highest BCUT2D eigenvalue weighted by Gasteiger charge is 2.37. The first-order valence-electron chi connectivity index (χ1n) is 9.08. The lowest BCUT2D eigenvalue weighted by Gasteiger charge is -2.16. The van der Waals surface area contributed by atoms with E-state index in [-0.39, 0.29) is 36.1 Å². The number of benzene rings is 1. The van der Waals surface area contributed by atoms with Gasteiger partial charge in [-0.05, 0) is 32.1 Å². The maximum Gasteiger partial charge on any atom is 0.316 e. The van der Waals surface area contributed by atoms with Crippen LogP contribution < -0.4 is 0 Å².